The number of methoxy groups -OCH3 is 1. The highest BCUT2D eigenvalue weighted by atomic mass is 16.7. The zero-order valence-corrected chi connectivity index (χ0v) is 18.4. The number of fused-ring (bicyclic) bond motifs is 3. The van der Waals surface area contributed by atoms with Crippen molar-refractivity contribution in [1.82, 2.24) is 0 Å². The van der Waals surface area contributed by atoms with E-state index in [9.17, 15) is 25.5 Å². The summed E-state index contributed by atoms with van der Waals surface area (Å²) in [6.07, 6.45) is -5.10. The van der Waals surface area contributed by atoms with Gasteiger partial charge in [0.15, 0.2) is 6.29 Å². The Labute approximate surface area is 186 Å². The maximum absolute atomic E-state index is 10.3. The first kappa shape index (κ1) is 23.0. The van der Waals surface area contributed by atoms with Gasteiger partial charge in [0.25, 0.3) is 0 Å². The van der Waals surface area contributed by atoms with Crippen LogP contribution in [0.15, 0.2) is 18.2 Å². The lowest BCUT2D eigenvalue weighted by Crippen LogP contribution is -2.59. The Morgan fingerprint density at radius 3 is 2.41 bits per heavy atom. The van der Waals surface area contributed by atoms with E-state index in [1.165, 1.54) is 0 Å². The number of hydrogen-bond donors (Lipinski definition) is 5. The largest absolute Gasteiger partial charge is 0.508 e. The number of ether oxygens (including phenoxy) is 3. The minimum Gasteiger partial charge on any atom is -0.508 e. The van der Waals surface area contributed by atoms with Crippen LogP contribution in [0.2, 0.25) is 0 Å². The maximum Gasteiger partial charge on any atom is 0.187 e. The molecule has 2 aromatic carbocycles. The molecule has 1 aliphatic carbocycles. The lowest BCUT2D eigenvalue weighted by molar-refractivity contribution is -0.304. The predicted octanol–water partition coefficient (Wildman–Crippen LogP) is 1.10. The fraction of sp³-hybridized carbons (Fsp3) is 0.500. The van der Waals surface area contributed by atoms with Crippen molar-refractivity contribution in [3.8, 4) is 22.6 Å². The van der Waals surface area contributed by atoms with Gasteiger partial charge in [-0.15, -0.1) is 0 Å². The first-order chi connectivity index (χ1) is 15.3. The van der Waals surface area contributed by atoms with Gasteiger partial charge < -0.3 is 39.7 Å². The molecule has 0 amide bonds. The zero-order valence-electron chi connectivity index (χ0n) is 18.4. The Morgan fingerprint density at radius 2 is 1.72 bits per heavy atom. The number of phenolic OH excluding ortho intramolecular Hbond substituents is 1. The predicted molar refractivity (Wildman–Crippen MR) is 116 cm³/mol. The molecule has 0 aromatic heterocycles. The second-order valence-electron chi connectivity index (χ2n) is 8.46. The monoisotopic (exact) mass is 446 g/mol. The van der Waals surface area contributed by atoms with Crippen LogP contribution in [-0.4, -0.2) is 70.0 Å². The van der Waals surface area contributed by atoms with Crippen LogP contribution in [0.4, 0.5) is 0 Å². The molecule has 32 heavy (non-hydrogen) atoms. The normalized spacial score (nSPS) is 27.0. The van der Waals surface area contributed by atoms with Gasteiger partial charge in [0.2, 0.25) is 0 Å². The van der Waals surface area contributed by atoms with Gasteiger partial charge in [-0.05, 0) is 77.8 Å². The zero-order chi connectivity index (χ0) is 23.2. The van der Waals surface area contributed by atoms with Gasteiger partial charge in [-0.1, -0.05) is 6.07 Å². The van der Waals surface area contributed by atoms with Gasteiger partial charge in [0, 0.05) is 0 Å². The van der Waals surface area contributed by atoms with Crippen LogP contribution in [0, 0.1) is 13.8 Å². The van der Waals surface area contributed by atoms with Gasteiger partial charge in [-0.25, -0.2) is 0 Å². The number of rotatable bonds is 5. The number of phenols is 1. The summed E-state index contributed by atoms with van der Waals surface area (Å²) < 4.78 is 16.9. The summed E-state index contributed by atoms with van der Waals surface area (Å²) in [7, 11) is 1.61. The Morgan fingerprint density at radius 1 is 1.00 bits per heavy atom. The van der Waals surface area contributed by atoms with E-state index in [0.29, 0.717) is 0 Å². The summed E-state index contributed by atoms with van der Waals surface area (Å²) in [5, 5.41) is 49.9. The van der Waals surface area contributed by atoms with Crippen molar-refractivity contribution in [2.45, 2.75) is 64.0 Å². The highest BCUT2D eigenvalue weighted by molar-refractivity contribution is 5.80. The van der Waals surface area contributed by atoms with Crippen molar-refractivity contribution in [1.29, 1.82) is 0 Å². The van der Waals surface area contributed by atoms with Gasteiger partial charge in [0.05, 0.1) is 20.3 Å². The summed E-state index contributed by atoms with van der Waals surface area (Å²) in [6, 6.07) is 5.47. The van der Waals surface area contributed by atoms with Gasteiger partial charge in [0.1, 0.15) is 35.9 Å². The highest BCUT2D eigenvalue weighted by Crippen LogP contribution is 2.44. The molecular weight excluding hydrogens is 416 g/mol. The Hall–Kier alpha value is -2.20. The summed E-state index contributed by atoms with van der Waals surface area (Å²) in [5.41, 5.74) is 6.92. The second kappa shape index (κ2) is 8.97. The molecule has 8 nitrogen and oxygen atoms in total. The molecule has 0 saturated carbocycles. The molecule has 0 bridgehead atoms. The first-order valence-corrected chi connectivity index (χ1v) is 10.7. The number of aliphatic hydroxyl groups is 4. The number of benzene rings is 2. The average molecular weight is 446 g/mol. The lowest BCUT2D eigenvalue weighted by atomic mass is 9.79. The van der Waals surface area contributed by atoms with Crippen LogP contribution in [-0.2, 0) is 28.9 Å². The molecule has 174 valence electrons. The van der Waals surface area contributed by atoms with E-state index in [1.54, 1.807) is 13.2 Å². The van der Waals surface area contributed by atoms with E-state index < -0.39 is 37.3 Å². The van der Waals surface area contributed by atoms with Crippen LogP contribution in [0.5, 0.6) is 11.5 Å². The maximum atomic E-state index is 10.3. The Balaban J connectivity index is 1.71. The first-order valence-electron chi connectivity index (χ1n) is 10.7. The van der Waals surface area contributed by atoms with Crippen molar-refractivity contribution >= 4 is 0 Å². The minimum atomic E-state index is -1.50. The van der Waals surface area contributed by atoms with Gasteiger partial charge in [-0.2, -0.15) is 0 Å². The molecule has 5 atom stereocenters. The molecule has 1 saturated heterocycles. The van der Waals surface area contributed by atoms with Crippen molar-refractivity contribution in [2.24, 2.45) is 0 Å². The topological polar surface area (TPSA) is 129 Å². The van der Waals surface area contributed by atoms with Crippen molar-refractivity contribution in [3.63, 3.8) is 0 Å². The molecule has 2 aliphatic rings. The van der Waals surface area contributed by atoms with Crippen LogP contribution in [0.25, 0.3) is 11.1 Å². The standard InChI is InChI=1S/C24H30O8/c1-11-14-4-5-15-12(2)18(30-3)8-13(20(15)16(14)6-7-17(11)26)10-31-24-23(29)22(28)21(27)19(9-25)32-24/h6-8,19,21-29H,4-5,9-10H2,1-3H3. The second-order valence-corrected chi connectivity index (χ2v) is 8.46. The Bertz CT molecular complexity index is 1000. The molecule has 5 N–H and O–H groups in total. The number of hydrogen-bond acceptors (Lipinski definition) is 8. The molecule has 4 rings (SSSR count). The smallest absolute Gasteiger partial charge is 0.187 e. The molecule has 0 spiro atoms. The van der Waals surface area contributed by atoms with Crippen molar-refractivity contribution in [3.05, 3.63) is 46.0 Å². The molecule has 2 aromatic rings. The van der Waals surface area contributed by atoms with E-state index in [0.717, 1.165) is 57.5 Å². The van der Waals surface area contributed by atoms with Crippen LogP contribution in [0.3, 0.4) is 0 Å². The third-order valence-electron chi connectivity index (χ3n) is 6.69. The summed E-state index contributed by atoms with van der Waals surface area (Å²) in [6.45, 7) is 3.44. The quantitative estimate of drug-likeness (QED) is 0.462. The molecule has 5 unspecified atom stereocenters. The third-order valence-corrected chi connectivity index (χ3v) is 6.69. The Kier molecular flexibility index (Phi) is 6.44. The van der Waals surface area contributed by atoms with E-state index in [2.05, 4.69) is 0 Å². The van der Waals surface area contributed by atoms with Crippen LogP contribution >= 0.6 is 0 Å². The fourth-order valence-electron chi connectivity index (χ4n) is 4.77. The summed E-state index contributed by atoms with van der Waals surface area (Å²) in [5.74, 6) is 0.978. The highest BCUT2D eigenvalue weighted by Gasteiger charge is 2.44. The summed E-state index contributed by atoms with van der Waals surface area (Å²) in [4.78, 5) is 0. The summed E-state index contributed by atoms with van der Waals surface area (Å²) >= 11 is 0. The van der Waals surface area contributed by atoms with Crippen molar-refractivity contribution in [2.75, 3.05) is 13.7 Å². The number of aromatic hydroxyl groups is 1. The van der Waals surface area contributed by atoms with E-state index in [1.807, 2.05) is 26.0 Å². The fourth-order valence-corrected chi connectivity index (χ4v) is 4.77. The van der Waals surface area contributed by atoms with E-state index >= 15 is 0 Å². The molecular formula is C24H30O8. The van der Waals surface area contributed by atoms with Crippen LogP contribution in [0.1, 0.15) is 27.8 Å². The molecule has 1 heterocycles. The SMILES string of the molecule is COc1cc(COC2OC(CO)C(O)C(O)C2O)c2c(c1C)CCc1c-2ccc(O)c1C. The van der Waals surface area contributed by atoms with Gasteiger partial charge in [-0.3, -0.25) is 0 Å². The molecule has 1 fully saturated rings. The van der Waals surface area contributed by atoms with E-state index in [-0.39, 0.29) is 12.4 Å². The van der Waals surface area contributed by atoms with Gasteiger partial charge >= 0.3 is 0 Å². The van der Waals surface area contributed by atoms with Crippen LogP contribution < -0.4 is 4.74 Å². The minimum absolute atomic E-state index is 0.0427. The third kappa shape index (κ3) is 3.77. The molecule has 1 aliphatic heterocycles. The molecule has 8 heteroatoms. The number of aliphatic hydroxyl groups excluding tert-OH is 4. The average Bonchev–Trinajstić information content (AvgIpc) is 2.80. The van der Waals surface area contributed by atoms with E-state index in [4.69, 9.17) is 14.2 Å². The van der Waals surface area contributed by atoms with Crippen molar-refractivity contribution < 1.29 is 39.7 Å². The lowest BCUT2D eigenvalue weighted by Gasteiger charge is -2.39. The molecule has 0 radical (unpaired) electrons.